The summed E-state index contributed by atoms with van der Waals surface area (Å²) in [5.74, 6) is 0.0966. The molecule has 2 aliphatic heterocycles. The molecule has 5 heterocycles. The first kappa shape index (κ1) is 24.0. The fourth-order valence-electron chi connectivity index (χ4n) is 5.00. The number of nitrogens with zero attached hydrogens (tertiary/aromatic N) is 5. The third-order valence-corrected chi connectivity index (χ3v) is 6.78. The van der Waals surface area contributed by atoms with Crippen molar-refractivity contribution in [3.63, 3.8) is 0 Å². The number of carbonyl (C=O) groups is 1. The van der Waals surface area contributed by atoms with Crippen molar-refractivity contribution in [1.82, 2.24) is 24.6 Å². The summed E-state index contributed by atoms with van der Waals surface area (Å²) in [5.41, 5.74) is 8.17. The Balaban J connectivity index is 1.37. The Bertz CT molecular complexity index is 1300. The van der Waals surface area contributed by atoms with Crippen molar-refractivity contribution in [3.8, 4) is 17.0 Å². The van der Waals surface area contributed by atoms with E-state index in [0.717, 1.165) is 36.3 Å². The van der Waals surface area contributed by atoms with Crippen molar-refractivity contribution in [3.05, 3.63) is 53.9 Å². The third-order valence-electron chi connectivity index (χ3n) is 6.78. The van der Waals surface area contributed by atoms with Crippen LogP contribution in [0.3, 0.4) is 0 Å². The van der Waals surface area contributed by atoms with Crippen LogP contribution in [0.15, 0.2) is 36.7 Å². The van der Waals surface area contributed by atoms with Crippen LogP contribution in [0.4, 0.5) is 15.0 Å². The van der Waals surface area contributed by atoms with E-state index in [2.05, 4.69) is 16.0 Å². The first-order chi connectivity index (χ1) is 17.0. The van der Waals surface area contributed by atoms with E-state index in [9.17, 15) is 9.18 Å². The van der Waals surface area contributed by atoms with Crippen LogP contribution in [0.2, 0.25) is 0 Å². The van der Waals surface area contributed by atoms with Gasteiger partial charge in [-0.15, -0.1) is 0 Å². The average Bonchev–Trinajstić information content (AvgIpc) is 3.51. The quantitative estimate of drug-likeness (QED) is 0.569. The van der Waals surface area contributed by atoms with Gasteiger partial charge in [-0.2, -0.15) is 5.10 Å². The van der Waals surface area contributed by atoms with Crippen LogP contribution in [0.25, 0.3) is 11.3 Å². The number of carbonyl (C=O) groups excluding carboxylic acids is 1. The van der Waals surface area contributed by atoms with Crippen LogP contribution in [-0.2, 0) is 16.7 Å². The fraction of sp³-hybridized carbons (Fsp3) is 0.462. The monoisotopic (exact) mass is 494 g/mol. The molecule has 3 aromatic heterocycles. The number of hydrogen-bond donors (Lipinski definition) is 1. The van der Waals surface area contributed by atoms with Gasteiger partial charge in [-0.1, -0.05) is 0 Å². The standard InChI is InChI=1S/C26H31FN6O3/c1-16(22-18(27)6-5-9-29-22)35-20-12-17(14-30-23(20)28)19-13-21-26(8-11-33(21)31-19)7-10-32(15-26)24(34)36-25(2,3)4/h5-6,9,12-14,16H,7-8,10-11,15H2,1-4H3,(H2,28,30)/t16-,26-/m1/s1. The minimum Gasteiger partial charge on any atom is -0.480 e. The molecule has 1 saturated heterocycles. The van der Waals surface area contributed by atoms with E-state index >= 15 is 0 Å². The van der Waals surface area contributed by atoms with Crippen LogP contribution < -0.4 is 10.5 Å². The highest BCUT2D eigenvalue weighted by Crippen LogP contribution is 2.44. The van der Waals surface area contributed by atoms with Crippen molar-refractivity contribution < 1.29 is 18.7 Å². The number of hydrogen-bond acceptors (Lipinski definition) is 7. The summed E-state index contributed by atoms with van der Waals surface area (Å²) in [5, 5.41) is 4.80. The topological polar surface area (TPSA) is 108 Å². The van der Waals surface area contributed by atoms with Gasteiger partial charge in [0.15, 0.2) is 11.6 Å². The zero-order chi connectivity index (χ0) is 25.7. The van der Waals surface area contributed by atoms with Crippen molar-refractivity contribution in [2.24, 2.45) is 0 Å². The van der Waals surface area contributed by atoms with E-state index in [1.807, 2.05) is 25.5 Å². The smallest absolute Gasteiger partial charge is 0.410 e. The molecule has 2 aliphatic rings. The summed E-state index contributed by atoms with van der Waals surface area (Å²) in [4.78, 5) is 22.8. The highest BCUT2D eigenvalue weighted by molar-refractivity contribution is 5.69. The van der Waals surface area contributed by atoms with E-state index in [1.54, 1.807) is 24.1 Å². The number of halogens is 1. The molecule has 5 rings (SSSR count). The number of nitrogen functional groups attached to an aromatic ring is 1. The SMILES string of the molecule is C[C@@H](Oc1cc(-c2cc3n(n2)CC[C@@]32CCN(C(=O)OC(C)(C)C)C2)cnc1N)c1ncccc1F. The lowest BCUT2D eigenvalue weighted by Gasteiger charge is -2.26. The Morgan fingerprint density at radius 1 is 1.22 bits per heavy atom. The molecule has 0 unspecified atom stereocenters. The maximum absolute atomic E-state index is 14.1. The number of pyridine rings is 2. The van der Waals surface area contributed by atoms with Crippen LogP contribution in [0.5, 0.6) is 5.75 Å². The molecule has 3 aromatic rings. The molecule has 0 aromatic carbocycles. The van der Waals surface area contributed by atoms with Gasteiger partial charge in [-0.25, -0.2) is 14.2 Å². The molecule has 0 saturated carbocycles. The molecular formula is C26H31FN6O3. The molecule has 0 aliphatic carbocycles. The summed E-state index contributed by atoms with van der Waals surface area (Å²) in [6.07, 6.45) is 4.03. The lowest BCUT2D eigenvalue weighted by Crippen LogP contribution is -2.37. The summed E-state index contributed by atoms with van der Waals surface area (Å²) in [6.45, 7) is 9.37. The lowest BCUT2D eigenvalue weighted by atomic mass is 9.82. The largest absolute Gasteiger partial charge is 0.480 e. The van der Waals surface area contributed by atoms with Crippen LogP contribution in [0, 0.1) is 5.82 Å². The molecule has 10 heteroatoms. The number of rotatable bonds is 4. The predicted octanol–water partition coefficient (Wildman–Crippen LogP) is 4.48. The normalized spacial score (nSPS) is 20.0. The van der Waals surface area contributed by atoms with Crippen molar-refractivity contribution >= 4 is 11.9 Å². The molecule has 1 amide bonds. The molecule has 1 spiro atoms. The van der Waals surface area contributed by atoms with Gasteiger partial charge in [0.1, 0.15) is 23.2 Å². The number of nitrogens with two attached hydrogens (primary N) is 1. The lowest BCUT2D eigenvalue weighted by molar-refractivity contribution is 0.0284. The van der Waals surface area contributed by atoms with Gasteiger partial charge in [-0.3, -0.25) is 9.67 Å². The Kier molecular flexibility index (Phi) is 5.84. The number of ether oxygens (including phenoxy) is 2. The van der Waals surface area contributed by atoms with Crippen molar-refractivity contribution in [2.75, 3.05) is 18.8 Å². The van der Waals surface area contributed by atoms with Crippen molar-refractivity contribution in [1.29, 1.82) is 0 Å². The maximum Gasteiger partial charge on any atom is 0.410 e. The van der Waals surface area contributed by atoms with Gasteiger partial charge in [0, 0.05) is 48.7 Å². The molecule has 2 N–H and O–H groups in total. The molecule has 0 radical (unpaired) electrons. The predicted molar refractivity (Wildman–Crippen MR) is 132 cm³/mol. The van der Waals surface area contributed by atoms with Gasteiger partial charge in [0.05, 0.1) is 5.69 Å². The number of aryl methyl sites for hydroxylation is 1. The van der Waals surface area contributed by atoms with E-state index in [1.165, 1.54) is 18.3 Å². The third kappa shape index (κ3) is 4.47. The Hall–Kier alpha value is -3.69. The molecular weight excluding hydrogens is 463 g/mol. The van der Waals surface area contributed by atoms with Crippen LogP contribution in [0.1, 0.15) is 58.0 Å². The molecule has 9 nitrogen and oxygen atoms in total. The summed E-state index contributed by atoms with van der Waals surface area (Å²) >= 11 is 0. The number of anilines is 1. The van der Waals surface area contributed by atoms with Crippen LogP contribution in [-0.4, -0.2) is 49.4 Å². The minimum absolute atomic E-state index is 0.145. The first-order valence-electron chi connectivity index (χ1n) is 12.1. The average molecular weight is 495 g/mol. The second-order valence-corrected chi connectivity index (χ2v) is 10.6. The second-order valence-electron chi connectivity index (χ2n) is 10.6. The number of fused-ring (bicyclic) bond motifs is 2. The first-order valence-corrected chi connectivity index (χ1v) is 12.1. The van der Waals surface area contributed by atoms with E-state index in [-0.39, 0.29) is 23.0 Å². The Morgan fingerprint density at radius 3 is 2.75 bits per heavy atom. The van der Waals surface area contributed by atoms with E-state index < -0.39 is 17.5 Å². The zero-order valence-corrected chi connectivity index (χ0v) is 21.0. The van der Waals surface area contributed by atoms with E-state index in [0.29, 0.717) is 18.8 Å². The zero-order valence-electron chi connectivity index (χ0n) is 21.0. The second kappa shape index (κ2) is 8.76. The van der Waals surface area contributed by atoms with Gasteiger partial charge >= 0.3 is 6.09 Å². The molecule has 1 fully saturated rings. The van der Waals surface area contributed by atoms with E-state index in [4.69, 9.17) is 20.3 Å². The number of likely N-dealkylation sites (tertiary alicyclic amines) is 1. The number of aromatic nitrogens is 4. The Morgan fingerprint density at radius 2 is 2.00 bits per heavy atom. The highest BCUT2D eigenvalue weighted by Gasteiger charge is 2.47. The van der Waals surface area contributed by atoms with Gasteiger partial charge < -0.3 is 20.1 Å². The molecule has 2 atom stereocenters. The van der Waals surface area contributed by atoms with Crippen molar-refractivity contribution in [2.45, 2.75) is 64.2 Å². The maximum atomic E-state index is 14.1. The molecule has 36 heavy (non-hydrogen) atoms. The minimum atomic E-state index is -0.654. The van der Waals surface area contributed by atoms with Crippen LogP contribution >= 0.6 is 0 Å². The van der Waals surface area contributed by atoms with Gasteiger partial charge in [-0.05, 0) is 64.8 Å². The van der Waals surface area contributed by atoms with Gasteiger partial charge in [0.2, 0.25) is 0 Å². The summed E-state index contributed by atoms with van der Waals surface area (Å²) in [6, 6.07) is 6.70. The molecule has 190 valence electrons. The fourth-order valence-corrected chi connectivity index (χ4v) is 5.00. The Labute approximate surface area is 209 Å². The summed E-state index contributed by atoms with van der Waals surface area (Å²) in [7, 11) is 0. The summed E-state index contributed by atoms with van der Waals surface area (Å²) < 4.78 is 27.7. The van der Waals surface area contributed by atoms with Gasteiger partial charge in [0.25, 0.3) is 0 Å². The highest BCUT2D eigenvalue weighted by atomic mass is 19.1. The number of amides is 1. The molecule has 0 bridgehead atoms.